The molecule has 2 aromatic heterocycles. The van der Waals surface area contributed by atoms with E-state index in [1.807, 2.05) is 96.1 Å². The number of hydrogen-bond donors (Lipinski definition) is 5. The normalized spacial score (nSPS) is 11.4. The van der Waals surface area contributed by atoms with E-state index in [1.165, 1.54) is 26.8 Å². The van der Waals surface area contributed by atoms with Gasteiger partial charge in [-0.3, -0.25) is 43.2 Å². The first-order chi connectivity index (χ1) is 36.4. The first-order valence-electron chi connectivity index (χ1n) is 26.9. The predicted octanol–water partition coefficient (Wildman–Crippen LogP) is 9.92. The zero-order chi connectivity index (χ0) is 61.9. The second-order valence-corrected chi connectivity index (χ2v) is 25.7. The number of hydrogen-bond acceptors (Lipinski definition) is 11. The van der Waals surface area contributed by atoms with Gasteiger partial charge >= 0.3 is 18.9 Å². The number of amides is 6. The van der Waals surface area contributed by atoms with Gasteiger partial charge in [0.25, 0.3) is 5.91 Å². The minimum atomic E-state index is -0.645. The Labute approximate surface area is 495 Å². The second-order valence-electron chi connectivity index (χ2n) is 25.7. The Morgan fingerprint density at radius 1 is 0.506 bits per heavy atom. The number of unbranched alkanes of at least 4 members (excludes halogenated alkanes) is 1. The van der Waals surface area contributed by atoms with Gasteiger partial charge in [-0.25, -0.2) is 15.0 Å². The van der Waals surface area contributed by atoms with Crippen molar-refractivity contribution in [3.8, 4) is 0 Å². The van der Waals surface area contributed by atoms with E-state index < -0.39 is 27.1 Å². The number of pyridine rings is 2. The van der Waals surface area contributed by atoms with Crippen LogP contribution in [0.2, 0.25) is 0 Å². The summed E-state index contributed by atoms with van der Waals surface area (Å²) >= 11 is 0. The molecule has 0 saturated carbocycles. The predicted molar refractivity (Wildman–Crippen MR) is 322 cm³/mol. The summed E-state index contributed by atoms with van der Waals surface area (Å²) in [6, 6.07) is 16.8. The van der Waals surface area contributed by atoms with Gasteiger partial charge in [0.15, 0.2) is 5.78 Å². The number of ketones is 2. The summed E-state index contributed by atoms with van der Waals surface area (Å²) in [7, 11) is 2.97. The fraction of sp³-hybridized carbons (Fsp3) is 0.508. The van der Waals surface area contributed by atoms with Gasteiger partial charge in [0.05, 0.1) is 19.0 Å². The van der Waals surface area contributed by atoms with Gasteiger partial charge in [-0.05, 0) is 84.3 Å². The van der Waals surface area contributed by atoms with Crippen LogP contribution >= 0.6 is 0 Å². The van der Waals surface area contributed by atoms with Crippen molar-refractivity contribution in [2.24, 2.45) is 32.5 Å². The van der Waals surface area contributed by atoms with Crippen LogP contribution < -0.4 is 45.4 Å². The minimum absolute atomic E-state index is 0. The van der Waals surface area contributed by atoms with Gasteiger partial charge in [0.2, 0.25) is 29.5 Å². The summed E-state index contributed by atoms with van der Waals surface area (Å²) in [5.41, 5.74) is 1.94. The molecule has 0 radical (unpaired) electrons. The van der Waals surface area contributed by atoms with Crippen LogP contribution in [0.5, 0.6) is 0 Å². The van der Waals surface area contributed by atoms with E-state index in [1.54, 1.807) is 102 Å². The largest absolute Gasteiger partial charge is 1.00 e. The van der Waals surface area contributed by atoms with Crippen LogP contribution in [0.4, 0.5) is 28.7 Å². The Kier molecular flexibility index (Phi) is 29.1. The zero-order valence-electron chi connectivity index (χ0n) is 53.0. The first-order valence-corrected chi connectivity index (χ1v) is 26.9. The maximum atomic E-state index is 13.1. The minimum Gasteiger partial charge on any atom is -0.343 e. The third-order valence-electron chi connectivity index (χ3n) is 11.7. The second kappa shape index (κ2) is 31.6. The number of benzene rings is 2. The summed E-state index contributed by atoms with van der Waals surface area (Å²) in [5.74, 6) is -0.124. The Morgan fingerprint density at radius 3 is 1.22 bits per heavy atom. The van der Waals surface area contributed by atoms with Gasteiger partial charge in [-0.2, -0.15) is 6.42 Å². The molecule has 2 aromatic carbocycles. The molecule has 0 saturated heterocycles. The molecule has 0 spiro atoms. The maximum Gasteiger partial charge on any atom is 1.00 e. The van der Waals surface area contributed by atoms with Crippen molar-refractivity contribution in [1.29, 1.82) is 0 Å². The topological polar surface area (TPSA) is 235 Å². The molecule has 18 heteroatoms. The SMILES string of the molecule is CC(C)(C)C(=O)Nc1ccc(C(=O)Cc2cc(NC(=O)C(C)(C)C)ncc2NC(=O)C(C)(C)C)cc1.CON(C)C(=O)c1ccc(NC(=O)C(C)(C)C)cc1.Cc1cc(NC(=O)C(C)(C)C)ncc1CC(=O)C(C)(C)C.[CH2-]CCC.[Li+]. The molecular weight excluding hydrogens is 1020 g/mol. The Morgan fingerprint density at radius 2 is 0.864 bits per heavy atom. The van der Waals surface area contributed by atoms with E-state index in [0.29, 0.717) is 51.8 Å². The molecule has 0 aliphatic carbocycles. The van der Waals surface area contributed by atoms with Crippen LogP contribution in [0, 0.1) is 46.3 Å². The molecule has 4 rings (SSSR count). The van der Waals surface area contributed by atoms with Gasteiger partial charge < -0.3 is 33.5 Å². The van der Waals surface area contributed by atoms with Gasteiger partial charge in [0.1, 0.15) is 17.4 Å². The smallest absolute Gasteiger partial charge is 0.343 e. The van der Waals surface area contributed by atoms with Crippen LogP contribution in [0.15, 0.2) is 73.1 Å². The number of aromatic nitrogens is 2. The summed E-state index contributed by atoms with van der Waals surface area (Å²) in [6.07, 6.45) is 5.76. The summed E-state index contributed by atoms with van der Waals surface area (Å²) < 4.78 is 0. The Hall–Kier alpha value is -6.54. The first kappa shape index (κ1) is 74.5. The molecule has 17 nitrogen and oxygen atoms in total. The van der Waals surface area contributed by atoms with Crippen molar-refractivity contribution in [1.82, 2.24) is 15.0 Å². The molecule has 0 fully saturated rings. The summed E-state index contributed by atoms with van der Waals surface area (Å²) in [4.78, 5) is 111. The number of aryl methyl sites for hydroxylation is 1. The van der Waals surface area contributed by atoms with Gasteiger partial charge in [-0.1, -0.05) is 138 Å². The van der Waals surface area contributed by atoms with Crippen LogP contribution in [-0.2, 0) is 46.4 Å². The van der Waals surface area contributed by atoms with Crippen molar-refractivity contribution in [3.05, 3.63) is 108 Å². The number of rotatable bonds is 13. The van der Waals surface area contributed by atoms with Crippen molar-refractivity contribution in [3.63, 3.8) is 0 Å². The van der Waals surface area contributed by atoms with Crippen LogP contribution in [0.25, 0.3) is 0 Å². The van der Waals surface area contributed by atoms with Crippen molar-refractivity contribution < 1.29 is 62.1 Å². The molecule has 0 aliphatic rings. The maximum absolute atomic E-state index is 13.1. The third kappa shape index (κ3) is 26.7. The molecule has 0 bridgehead atoms. The molecule has 4 aromatic rings. The average Bonchev–Trinajstić information content (AvgIpc) is 3.34. The van der Waals surface area contributed by atoms with Crippen LogP contribution in [0.1, 0.15) is 182 Å². The average molecular weight is 1110 g/mol. The van der Waals surface area contributed by atoms with E-state index in [-0.39, 0.29) is 77.7 Å². The van der Waals surface area contributed by atoms with E-state index >= 15 is 0 Å². The number of hydroxylamine groups is 2. The quantitative estimate of drug-likeness (QED) is 0.0366. The fourth-order valence-electron chi connectivity index (χ4n) is 5.63. The fourth-order valence-corrected chi connectivity index (χ4v) is 5.63. The number of anilines is 5. The Bertz CT molecular complexity index is 2770. The van der Waals surface area contributed by atoms with E-state index in [0.717, 1.165) is 22.6 Å². The molecule has 0 atom stereocenters. The molecule has 6 amide bonds. The number of carbonyl (C=O) groups is 8. The molecule has 5 N–H and O–H groups in total. The number of Topliss-reactive ketones (excluding diaryl/α,β-unsaturated/α-hetero) is 2. The molecule has 0 aliphatic heterocycles. The molecule has 0 unspecified atom stereocenters. The summed E-state index contributed by atoms with van der Waals surface area (Å²) in [5, 5.41) is 15.2. The number of carbonyl (C=O) groups excluding carboxylic acids is 8. The molecule has 81 heavy (non-hydrogen) atoms. The van der Waals surface area contributed by atoms with E-state index in [9.17, 15) is 38.4 Å². The van der Waals surface area contributed by atoms with Crippen molar-refractivity contribution in [2.75, 3.05) is 40.7 Å². The number of nitrogens with one attached hydrogen (secondary N) is 5. The third-order valence-corrected chi connectivity index (χ3v) is 11.7. The van der Waals surface area contributed by atoms with E-state index in [4.69, 9.17) is 4.84 Å². The molecule has 440 valence electrons. The zero-order valence-corrected chi connectivity index (χ0v) is 53.0. The van der Waals surface area contributed by atoms with Gasteiger partial charge in [-0.15, -0.1) is 0 Å². The number of nitrogens with zero attached hydrogens (tertiary/aromatic N) is 3. The van der Waals surface area contributed by atoms with Crippen molar-refractivity contribution >= 4 is 75.7 Å². The van der Waals surface area contributed by atoms with Gasteiger partial charge in [0, 0.05) is 81.1 Å². The monoisotopic (exact) mass is 1110 g/mol. The summed E-state index contributed by atoms with van der Waals surface area (Å²) in [6.45, 7) is 40.7. The Balaban J connectivity index is 0.00000121. The van der Waals surface area contributed by atoms with E-state index in [2.05, 4.69) is 50.4 Å². The standard InChI is InChI=1S/C28H38N4O4.C17H26N2O2.C14H20N2O3.C4H9.Li/c1-26(2,3)23(34)30-19-12-10-17(11-13-19)21(33)14-18-15-22(32-25(36)28(7,8)9)29-16-20(18)31-24(35)27(4,5)6;1-11-8-14(19-15(21)17(5,6)7)18-10-12(11)9-13(20)16(2,3)4;1-14(2,3)13(18)15-11-8-6-10(7-9-11)12(17)16(4)19-5;1-3-4-2;/h10-13,15-16H,14H2,1-9H3,(H,30,34)(H,31,35)(H,29,32,36);8,10H,9H2,1-7H3,(H,18,19,21);6-9H,1-5H3,(H,15,18);1,3-4H2,2H3;/q;;;-1;+1. The molecule has 2 heterocycles. The van der Waals surface area contributed by atoms with Crippen LogP contribution in [0.3, 0.4) is 0 Å². The molecular formula is C63H93LiN8O9. The van der Waals surface area contributed by atoms with Crippen LogP contribution in [-0.4, -0.2) is 76.2 Å². The van der Waals surface area contributed by atoms with Crippen molar-refractivity contribution in [2.45, 2.75) is 164 Å².